The zero-order valence-electron chi connectivity index (χ0n) is 8.84. The van der Waals surface area contributed by atoms with E-state index in [9.17, 15) is 5.11 Å². The smallest absolute Gasteiger partial charge is 0.288 e. The predicted molar refractivity (Wildman–Crippen MR) is 66.8 cm³/mol. The number of aromatic nitrogens is 4. The summed E-state index contributed by atoms with van der Waals surface area (Å²) in [7, 11) is 0. The van der Waals surface area contributed by atoms with E-state index in [0.717, 1.165) is 0 Å². The number of benzene rings is 1. The topological polar surface area (TPSA) is 89.9 Å². The van der Waals surface area contributed by atoms with Crippen LogP contribution < -0.4 is 5.11 Å². The van der Waals surface area contributed by atoms with Gasteiger partial charge in [0.1, 0.15) is 0 Å². The molecule has 0 spiro atoms. The molecular weight excluding hydrogens is 277 g/mol. The van der Waals surface area contributed by atoms with Crippen molar-refractivity contribution in [3.63, 3.8) is 0 Å². The van der Waals surface area contributed by atoms with Crippen LogP contribution in [0.5, 0.6) is 0 Å². The fourth-order valence-electron chi connectivity index (χ4n) is 1.14. The lowest BCUT2D eigenvalue weighted by atomic mass is 10.2. The van der Waals surface area contributed by atoms with Crippen LogP contribution in [0.15, 0.2) is 29.3 Å². The first-order valence-corrected chi connectivity index (χ1v) is 5.53. The highest BCUT2D eigenvalue weighted by molar-refractivity contribution is 6.35. The van der Waals surface area contributed by atoms with Gasteiger partial charge < -0.3 is 5.11 Å². The van der Waals surface area contributed by atoms with Gasteiger partial charge in [0.2, 0.25) is 0 Å². The van der Waals surface area contributed by atoms with Crippen LogP contribution in [0.4, 0.5) is 5.95 Å². The van der Waals surface area contributed by atoms with Gasteiger partial charge in [0.25, 0.3) is 5.95 Å². The van der Waals surface area contributed by atoms with Crippen LogP contribution in [0, 0.1) is 0 Å². The number of H-pyrrole nitrogens is 1. The van der Waals surface area contributed by atoms with Crippen molar-refractivity contribution in [2.45, 2.75) is 0 Å². The molecule has 0 aliphatic heterocycles. The molecule has 1 N–H and O–H groups in total. The van der Waals surface area contributed by atoms with Gasteiger partial charge in [-0.05, 0) is 28.8 Å². The van der Waals surface area contributed by atoms with Crippen LogP contribution in [-0.2, 0) is 0 Å². The summed E-state index contributed by atoms with van der Waals surface area (Å²) < 4.78 is 0. The van der Waals surface area contributed by atoms with Gasteiger partial charge in [0.05, 0.1) is 0 Å². The molecule has 0 bridgehead atoms. The highest BCUT2D eigenvalue weighted by atomic mass is 35.5. The Bertz CT molecular complexity index is 594. The zero-order valence-corrected chi connectivity index (χ0v) is 10.4. The second-order valence-corrected chi connectivity index (χ2v) is 4.00. The quantitative estimate of drug-likeness (QED) is 0.684. The molecule has 0 radical (unpaired) electrons. The first-order chi connectivity index (χ1) is 8.65. The Morgan fingerprint density at radius 1 is 1.39 bits per heavy atom. The molecule has 0 amide bonds. The number of halogens is 2. The Labute approximate surface area is 112 Å². The third kappa shape index (κ3) is 3.28. The average Bonchev–Trinajstić information content (AvgIpc) is 2.80. The van der Waals surface area contributed by atoms with E-state index in [2.05, 4.69) is 25.6 Å². The normalized spacial score (nSPS) is 12.2. The predicted octanol–water partition coefficient (Wildman–Crippen LogP) is 1.61. The fraction of sp³-hybridized carbons (Fsp3) is 0. The molecule has 18 heavy (non-hydrogen) atoms. The lowest BCUT2D eigenvalue weighted by molar-refractivity contribution is -0.211. The Morgan fingerprint density at radius 3 is 2.89 bits per heavy atom. The minimum Gasteiger partial charge on any atom is -0.859 e. The Balaban J connectivity index is 2.15. The van der Waals surface area contributed by atoms with Gasteiger partial charge in [-0.3, -0.25) is 0 Å². The SMILES string of the molecule is [O-]C(/C=C/c1ccc(Cl)cc1Cl)=Nc1nn[nH]n1. The molecule has 0 saturated carbocycles. The summed E-state index contributed by atoms with van der Waals surface area (Å²) in [6, 6.07) is 4.96. The second kappa shape index (κ2) is 5.61. The molecule has 92 valence electrons. The van der Waals surface area contributed by atoms with Crippen molar-refractivity contribution in [1.29, 1.82) is 0 Å². The van der Waals surface area contributed by atoms with E-state index >= 15 is 0 Å². The van der Waals surface area contributed by atoms with Crippen molar-refractivity contribution in [3.8, 4) is 0 Å². The largest absolute Gasteiger partial charge is 0.859 e. The third-order valence-electron chi connectivity index (χ3n) is 1.91. The molecule has 0 atom stereocenters. The van der Waals surface area contributed by atoms with Crippen LogP contribution in [0.25, 0.3) is 6.08 Å². The van der Waals surface area contributed by atoms with Crippen molar-refractivity contribution in [2.75, 3.05) is 0 Å². The zero-order chi connectivity index (χ0) is 13.0. The van der Waals surface area contributed by atoms with Gasteiger partial charge in [-0.25, -0.2) is 4.99 Å². The van der Waals surface area contributed by atoms with Gasteiger partial charge in [-0.1, -0.05) is 46.5 Å². The number of tetrazole rings is 1. The lowest BCUT2D eigenvalue weighted by Gasteiger charge is -2.03. The van der Waals surface area contributed by atoms with Crippen molar-refractivity contribution >= 4 is 41.1 Å². The molecule has 0 fully saturated rings. The van der Waals surface area contributed by atoms with Crippen LogP contribution in [0.1, 0.15) is 5.56 Å². The van der Waals surface area contributed by atoms with Crippen LogP contribution in [0.3, 0.4) is 0 Å². The van der Waals surface area contributed by atoms with Gasteiger partial charge in [-0.2, -0.15) is 5.21 Å². The van der Waals surface area contributed by atoms with Gasteiger partial charge >= 0.3 is 0 Å². The van der Waals surface area contributed by atoms with Crippen LogP contribution >= 0.6 is 23.2 Å². The first-order valence-electron chi connectivity index (χ1n) is 4.77. The first kappa shape index (κ1) is 12.5. The van der Waals surface area contributed by atoms with Crippen molar-refractivity contribution in [2.24, 2.45) is 4.99 Å². The highest BCUT2D eigenvalue weighted by Crippen LogP contribution is 2.21. The molecule has 8 heteroatoms. The van der Waals surface area contributed by atoms with E-state index in [-0.39, 0.29) is 5.95 Å². The molecule has 0 aliphatic rings. The van der Waals surface area contributed by atoms with Crippen LogP contribution in [0.2, 0.25) is 10.0 Å². The highest BCUT2D eigenvalue weighted by Gasteiger charge is 1.97. The minimum atomic E-state index is -0.512. The van der Waals surface area contributed by atoms with E-state index < -0.39 is 5.90 Å². The third-order valence-corrected chi connectivity index (χ3v) is 2.47. The van der Waals surface area contributed by atoms with Gasteiger partial charge in [0.15, 0.2) is 0 Å². The number of aromatic amines is 1. The molecule has 1 aromatic heterocycles. The Morgan fingerprint density at radius 2 is 2.22 bits per heavy atom. The average molecular weight is 283 g/mol. The summed E-state index contributed by atoms with van der Waals surface area (Å²) in [5, 5.41) is 24.9. The standard InChI is InChI=1S/C10H7Cl2N5O/c11-7-3-1-6(8(12)5-7)2-4-9(18)13-10-14-16-17-15-10/h1-5H,(H2,13,14,15,16,17,18)/p-1/b4-2+. The molecule has 6 nitrogen and oxygen atoms in total. The molecule has 1 aromatic carbocycles. The molecule has 2 aromatic rings. The minimum absolute atomic E-state index is 0.0214. The monoisotopic (exact) mass is 282 g/mol. The summed E-state index contributed by atoms with van der Waals surface area (Å²) in [4.78, 5) is 3.57. The number of hydrogen-bond donors (Lipinski definition) is 1. The number of aliphatic imine (C=N–C) groups is 1. The number of rotatable bonds is 3. The van der Waals surface area contributed by atoms with Gasteiger partial charge in [0, 0.05) is 10.0 Å². The molecule has 0 aliphatic carbocycles. The summed E-state index contributed by atoms with van der Waals surface area (Å²) in [6.07, 6.45) is 2.79. The summed E-state index contributed by atoms with van der Waals surface area (Å²) in [6.45, 7) is 0. The maximum Gasteiger partial charge on any atom is 0.288 e. The van der Waals surface area contributed by atoms with E-state index in [1.807, 2.05) is 0 Å². The summed E-state index contributed by atoms with van der Waals surface area (Å²) in [5.41, 5.74) is 0.665. The van der Waals surface area contributed by atoms with Crippen molar-refractivity contribution in [1.82, 2.24) is 20.6 Å². The van der Waals surface area contributed by atoms with E-state index in [1.165, 1.54) is 12.2 Å². The van der Waals surface area contributed by atoms with Crippen molar-refractivity contribution in [3.05, 3.63) is 39.9 Å². The van der Waals surface area contributed by atoms with E-state index in [4.69, 9.17) is 23.2 Å². The number of nitrogens with one attached hydrogen (secondary N) is 1. The summed E-state index contributed by atoms with van der Waals surface area (Å²) >= 11 is 11.7. The Hall–Kier alpha value is -1.92. The molecular formula is C10H6Cl2N5O-. The van der Waals surface area contributed by atoms with Crippen LogP contribution in [-0.4, -0.2) is 26.5 Å². The molecule has 0 saturated heterocycles. The Kier molecular flexibility index (Phi) is 3.91. The van der Waals surface area contributed by atoms with Gasteiger partial charge in [-0.15, -0.1) is 5.10 Å². The van der Waals surface area contributed by atoms with Crippen molar-refractivity contribution < 1.29 is 5.11 Å². The number of hydrogen-bond acceptors (Lipinski definition) is 5. The lowest BCUT2D eigenvalue weighted by Crippen LogP contribution is -2.13. The number of nitrogens with zero attached hydrogens (tertiary/aromatic N) is 4. The maximum atomic E-state index is 11.4. The molecule has 0 unspecified atom stereocenters. The molecule has 1 heterocycles. The van der Waals surface area contributed by atoms with E-state index in [1.54, 1.807) is 18.2 Å². The second-order valence-electron chi connectivity index (χ2n) is 3.16. The fourth-order valence-corrected chi connectivity index (χ4v) is 1.61. The maximum absolute atomic E-state index is 11.4. The van der Waals surface area contributed by atoms with E-state index in [0.29, 0.717) is 15.6 Å². The summed E-state index contributed by atoms with van der Waals surface area (Å²) in [5.74, 6) is -0.533. The molecule has 2 rings (SSSR count).